The molecule has 1 atom stereocenters. The van der Waals surface area contributed by atoms with Crippen LogP contribution in [-0.2, 0) is 16.6 Å². The molecule has 1 aromatic carbocycles. The minimum Gasteiger partial charge on any atom is -0.345 e. The fourth-order valence-electron chi connectivity index (χ4n) is 2.08. The molecule has 0 spiro atoms. The zero-order chi connectivity index (χ0) is 17.9. The van der Waals surface area contributed by atoms with Crippen LogP contribution in [0.15, 0.2) is 22.7 Å². The normalized spacial score (nSPS) is 12.9. The number of rotatable bonds is 5. The minimum atomic E-state index is -0.915. The molecule has 0 saturated carbocycles. The van der Waals surface area contributed by atoms with Crippen molar-refractivity contribution in [2.45, 2.75) is 52.0 Å². The van der Waals surface area contributed by atoms with E-state index < -0.39 is 17.7 Å². The molecule has 1 heterocycles. The number of carbonyl (C=O) groups excluding carboxylic acids is 1. The van der Waals surface area contributed by atoms with Gasteiger partial charge in [-0.2, -0.15) is 4.98 Å². The van der Waals surface area contributed by atoms with Gasteiger partial charge in [0, 0.05) is 11.8 Å². The maximum Gasteiger partial charge on any atom is 0.248 e. The number of amides is 1. The molecule has 0 radical (unpaired) electrons. The van der Waals surface area contributed by atoms with Gasteiger partial charge in [-0.25, -0.2) is 8.78 Å². The van der Waals surface area contributed by atoms with Gasteiger partial charge in [0.2, 0.25) is 11.8 Å². The van der Waals surface area contributed by atoms with E-state index in [0.29, 0.717) is 11.7 Å². The van der Waals surface area contributed by atoms with Gasteiger partial charge >= 0.3 is 0 Å². The Hall–Kier alpha value is -2.31. The number of benzene rings is 1. The molecular formula is C17H21F2N3O2. The zero-order valence-corrected chi connectivity index (χ0v) is 14.2. The Kier molecular flexibility index (Phi) is 5.31. The lowest BCUT2D eigenvalue weighted by Crippen LogP contribution is -2.27. The van der Waals surface area contributed by atoms with Crippen molar-refractivity contribution in [3.8, 4) is 0 Å². The summed E-state index contributed by atoms with van der Waals surface area (Å²) in [5.74, 6) is -1.26. The molecule has 0 fully saturated rings. The summed E-state index contributed by atoms with van der Waals surface area (Å²) in [5, 5.41) is 6.62. The lowest BCUT2D eigenvalue weighted by molar-refractivity contribution is -0.121. The molecule has 0 saturated heterocycles. The van der Waals surface area contributed by atoms with E-state index in [9.17, 15) is 13.6 Å². The molecule has 0 aliphatic rings. The second-order valence-corrected chi connectivity index (χ2v) is 6.71. The van der Waals surface area contributed by atoms with Gasteiger partial charge in [-0.3, -0.25) is 4.79 Å². The van der Waals surface area contributed by atoms with E-state index in [4.69, 9.17) is 4.52 Å². The first-order chi connectivity index (χ1) is 11.2. The Bertz CT molecular complexity index is 723. The quantitative estimate of drug-likeness (QED) is 0.907. The topological polar surface area (TPSA) is 68.0 Å². The molecule has 0 aliphatic heterocycles. The first-order valence-corrected chi connectivity index (χ1v) is 7.75. The molecule has 1 amide bonds. The van der Waals surface area contributed by atoms with E-state index in [2.05, 4.69) is 15.5 Å². The van der Waals surface area contributed by atoms with Crippen molar-refractivity contribution in [3.05, 3.63) is 47.1 Å². The summed E-state index contributed by atoms with van der Waals surface area (Å²) in [6, 6.07) is 3.46. The molecule has 0 bridgehead atoms. The van der Waals surface area contributed by atoms with Gasteiger partial charge in [0.25, 0.3) is 0 Å². The Balaban J connectivity index is 1.92. The van der Waals surface area contributed by atoms with Gasteiger partial charge in [0.15, 0.2) is 17.5 Å². The Morgan fingerprint density at radius 2 is 2.04 bits per heavy atom. The maximum absolute atomic E-state index is 13.6. The fraction of sp³-hybridized carbons (Fsp3) is 0.471. The highest BCUT2D eigenvalue weighted by molar-refractivity contribution is 5.76. The highest BCUT2D eigenvalue weighted by atomic mass is 19.2. The largest absolute Gasteiger partial charge is 0.345 e. The Morgan fingerprint density at radius 3 is 2.67 bits per heavy atom. The van der Waals surface area contributed by atoms with E-state index in [-0.39, 0.29) is 29.7 Å². The Labute approximate surface area is 139 Å². The lowest BCUT2D eigenvalue weighted by atomic mass is 9.96. The van der Waals surface area contributed by atoms with Crippen molar-refractivity contribution >= 4 is 5.91 Å². The smallest absolute Gasteiger partial charge is 0.248 e. The number of nitrogens with one attached hydrogen (secondary N) is 1. The summed E-state index contributed by atoms with van der Waals surface area (Å²) in [6.07, 6.45) is 0.143. The van der Waals surface area contributed by atoms with Crippen LogP contribution in [0.2, 0.25) is 0 Å². The SMILES string of the molecule is C[C@H](NC(=O)CCc1cccc(F)c1F)c1nc(C(C)(C)C)no1. The van der Waals surface area contributed by atoms with Crippen LogP contribution in [0.4, 0.5) is 8.78 Å². The number of hydrogen-bond acceptors (Lipinski definition) is 4. The van der Waals surface area contributed by atoms with Crippen molar-refractivity contribution in [1.29, 1.82) is 0 Å². The van der Waals surface area contributed by atoms with Gasteiger partial charge in [-0.1, -0.05) is 38.1 Å². The third-order valence-electron chi connectivity index (χ3n) is 3.51. The van der Waals surface area contributed by atoms with Crippen molar-refractivity contribution in [2.24, 2.45) is 0 Å². The third-order valence-corrected chi connectivity index (χ3v) is 3.51. The standard InChI is InChI=1S/C17H21F2N3O2/c1-10(15-21-16(22-24-15)17(2,3)4)20-13(23)9-8-11-6-5-7-12(18)14(11)19/h5-7,10H,8-9H2,1-4H3,(H,20,23)/t10-/m0/s1. The van der Waals surface area contributed by atoms with Gasteiger partial charge in [-0.15, -0.1) is 0 Å². The number of aryl methyl sites for hydroxylation is 1. The number of nitrogens with zero attached hydrogens (tertiary/aromatic N) is 2. The van der Waals surface area contributed by atoms with E-state index in [1.54, 1.807) is 6.92 Å². The van der Waals surface area contributed by atoms with Crippen molar-refractivity contribution in [3.63, 3.8) is 0 Å². The average Bonchev–Trinajstić information content (AvgIpc) is 2.99. The van der Waals surface area contributed by atoms with E-state index in [1.165, 1.54) is 12.1 Å². The second kappa shape index (κ2) is 7.07. The second-order valence-electron chi connectivity index (χ2n) is 6.71. The molecule has 24 heavy (non-hydrogen) atoms. The lowest BCUT2D eigenvalue weighted by Gasteiger charge is -2.12. The van der Waals surface area contributed by atoms with Crippen molar-refractivity contribution < 1.29 is 18.1 Å². The van der Waals surface area contributed by atoms with Gasteiger partial charge in [0.1, 0.15) is 6.04 Å². The van der Waals surface area contributed by atoms with Crippen LogP contribution in [-0.4, -0.2) is 16.0 Å². The number of hydrogen-bond donors (Lipinski definition) is 1. The molecule has 1 N–H and O–H groups in total. The molecule has 7 heteroatoms. The summed E-state index contributed by atoms with van der Waals surface area (Å²) in [7, 11) is 0. The molecule has 0 unspecified atom stereocenters. The number of aromatic nitrogens is 2. The summed E-state index contributed by atoms with van der Waals surface area (Å²) >= 11 is 0. The zero-order valence-electron chi connectivity index (χ0n) is 14.2. The average molecular weight is 337 g/mol. The minimum absolute atomic E-state index is 0.0327. The van der Waals surface area contributed by atoms with E-state index in [0.717, 1.165) is 6.07 Å². The molecule has 5 nitrogen and oxygen atoms in total. The molecule has 0 aliphatic carbocycles. The van der Waals surface area contributed by atoms with Crippen molar-refractivity contribution in [1.82, 2.24) is 15.5 Å². The van der Waals surface area contributed by atoms with Crippen LogP contribution in [0.25, 0.3) is 0 Å². The summed E-state index contributed by atoms with van der Waals surface area (Å²) in [4.78, 5) is 16.3. The predicted molar refractivity (Wildman–Crippen MR) is 84.2 cm³/mol. The third kappa shape index (κ3) is 4.37. The summed E-state index contributed by atoms with van der Waals surface area (Å²) < 4.78 is 31.9. The Morgan fingerprint density at radius 1 is 1.33 bits per heavy atom. The first kappa shape index (κ1) is 18.0. The van der Waals surface area contributed by atoms with Crippen LogP contribution < -0.4 is 5.32 Å². The summed E-state index contributed by atoms with van der Waals surface area (Å²) in [5.41, 5.74) is -0.0778. The van der Waals surface area contributed by atoms with Crippen LogP contribution in [0, 0.1) is 11.6 Å². The van der Waals surface area contributed by atoms with E-state index in [1.807, 2.05) is 20.8 Å². The molecule has 130 valence electrons. The number of halogens is 2. The predicted octanol–water partition coefficient (Wildman–Crippen LogP) is 3.46. The van der Waals surface area contributed by atoms with Gasteiger partial charge in [-0.05, 0) is 25.0 Å². The number of carbonyl (C=O) groups is 1. The molecule has 1 aromatic heterocycles. The highest BCUT2D eigenvalue weighted by Gasteiger charge is 2.23. The van der Waals surface area contributed by atoms with Crippen LogP contribution in [0.3, 0.4) is 0 Å². The monoisotopic (exact) mass is 337 g/mol. The maximum atomic E-state index is 13.6. The van der Waals surface area contributed by atoms with Crippen LogP contribution in [0.1, 0.15) is 57.4 Å². The first-order valence-electron chi connectivity index (χ1n) is 7.75. The van der Waals surface area contributed by atoms with Crippen LogP contribution in [0.5, 0.6) is 0 Å². The van der Waals surface area contributed by atoms with Crippen LogP contribution >= 0.6 is 0 Å². The van der Waals surface area contributed by atoms with Gasteiger partial charge < -0.3 is 9.84 Å². The van der Waals surface area contributed by atoms with E-state index >= 15 is 0 Å². The highest BCUT2D eigenvalue weighted by Crippen LogP contribution is 2.21. The molecular weight excluding hydrogens is 316 g/mol. The molecule has 2 rings (SSSR count). The fourth-order valence-corrected chi connectivity index (χ4v) is 2.08. The van der Waals surface area contributed by atoms with Gasteiger partial charge in [0.05, 0.1) is 0 Å². The molecule has 2 aromatic rings. The van der Waals surface area contributed by atoms with Crippen molar-refractivity contribution in [2.75, 3.05) is 0 Å². The summed E-state index contributed by atoms with van der Waals surface area (Å²) in [6.45, 7) is 7.59.